The molecular formula is C26H38N6O6S. The highest BCUT2D eigenvalue weighted by Gasteiger charge is 2.57. The van der Waals surface area contributed by atoms with E-state index in [4.69, 9.17) is 9.47 Å². The highest BCUT2D eigenvalue weighted by Crippen LogP contribution is 2.39. The van der Waals surface area contributed by atoms with Crippen LogP contribution in [0, 0.1) is 5.92 Å². The minimum Gasteiger partial charge on any atom is -0.457 e. The molecule has 3 atom stereocenters. The molecule has 0 bridgehead atoms. The van der Waals surface area contributed by atoms with Gasteiger partial charge in [0.1, 0.15) is 11.7 Å². The Hall–Kier alpha value is -3.12. The quantitative estimate of drug-likeness (QED) is 0.138. The minimum absolute atomic E-state index is 0.0544. The number of azide groups is 1. The molecule has 0 unspecified atom stereocenters. The second-order valence-electron chi connectivity index (χ2n) is 10.8. The summed E-state index contributed by atoms with van der Waals surface area (Å²) >= 11 is 0. The molecule has 13 heteroatoms. The van der Waals surface area contributed by atoms with Gasteiger partial charge in [-0.2, -0.15) is 17.0 Å². The summed E-state index contributed by atoms with van der Waals surface area (Å²) in [7, 11) is -4.09. The molecule has 1 aromatic rings. The van der Waals surface area contributed by atoms with Crippen LogP contribution in [0.25, 0.3) is 10.4 Å². The number of esters is 1. The molecule has 3 rings (SSSR count). The Morgan fingerprint density at radius 2 is 1.92 bits per heavy atom. The van der Waals surface area contributed by atoms with Gasteiger partial charge < -0.3 is 14.4 Å². The van der Waals surface area contributed by atoms with Crippen LogP contribution >= 0.6 is 0 Å². The van der Waals surface area contributed by atoms with E-state index in [1.165, 1.54) is 13.5 Å². The first-order chi connectivity index (χ1) is 18.3. The lowest BCUT2D eigenvalue weighted by molar-refractivity contribution is -0.156. The van der Waals surface area contributed by atoms with E-state index in [9.17, 15) is 23.5 Å². The predicted molar refractivity (Wildman–Crippen MR) is 146 cm³/mol. The number of likely N-dealkylation sites (tertiary alicyclic amines) is 1. The SMILES string of the molecule is C=CC[C@@H]1CN(S(=O)(=O)N(CC)C2CN(C(=O)OC(C)(C)C)C2)C[C@]1(N=[N+]=[N-])C(=O)O[C@H](C)c1ccccc1. The van der Waals surface area contributed by atoms with Gasteiger partial charge >= 0.3 is 12.1 Å². The fourth-order valence-electron chi connectivity index (χ4n) is 4.90. The average molecular weight is 563 g/mol. The summed E-state index contributed by atoms with van der Waals surface area (Å²) in [4.78, 5) is 30.3. The van der Waals surface area contributed by atoms with Crippen molar-refractivity contribution in [2.75, 3.05) is 32.7 Å². The van der Waals surface area contributed by atoms with Gasteiger partial charge in [0.15, 0.2) is 5.54 Å². The van der Waals surface area contributed by atoms with E-state index in [0.29, 0.717) is 0 Å². The molecule has 0 aromatic heterocycles. The van der Waals surface area contributed by atoms with Crippen molar-refractivity contribution < 1.29 is 27.5 Å². The summed E-state index contributed by atoms with van der Waals surface area (Å²) in [6, 6.07) is 8.64. The average Bonchev–Trinajstić information content (AvgIpc) is 3.20. The number of amides is 1. The predicted octanol–water partition coefficient (Wildman–Crippen LogP) is 4.03. The van der Waals surface area contributed by atoms with Gasteiger partial charge in [-0.1, -0.05) is 48.4 Å². The van der Waals surface area contributed by atoms with Crippen LogP contribution in [0.4, 0.5) is 4.79 Å². The first-order valence-electron chi connectivity index (χ1n) is 13.0. The third kappa shape index (κ3) is 6.55. The van der Waals surface area contributed by atoms with E-state index < -0.39 is 51.5 Å². The molecule has 0 radical (unpaired) electrons. The maximum atomic E-state index is 13.8. The first kappa shape index (κ1) is 30.4. The molecule has 0 spiro atoms. The maximum absolute atomic E-state index is 13.8. The summed E-state index contributed by atoms with van der Waals surface area (Å²) in [5.74, 6) is -1.46. The van der Waals surface area contributed by atoms with Crippen molar-refractivity contribution in [1.29, 1.82) is 0 Å². The van der Waals surface area contributed by atoms with E-state index >= 15 is 0 Å². The zero-order chi connectivity index (χ0) is 29.0. The Bertz CT molecular complexity index is 1210. The van der Waals surface area contributed by atoms with Gasteiger partial charge in [0.2, 0.25) is 0 Å². The fourth-order valence-corrected chi connectivity index (χ4v) is 6.76. The van der Waals surface area contributed by atoms with Crippen LogP contribution in [0.15, 0.2) is 48.1 Å². The number of nitrogens with zero attached hydrogens (tertiary/aromatic N) is 6. The van der Waals surface area contributed by atoms with Gasteiger partial charge in [0, 0.05) is 37.6 Å². The van der Waals surface area contributed by atoms with Crippen LogP contribution in [0.1, 0.15) is 52.7 Å². The number of carbonyl (C=O) groups is 2. The van der Waals surface area contributed by atoms with Crippen LogP contribution in [-0.4, -0.2) is 83.9 Å². The van der Waals surface area contributed by atoms with Gasteiger partial charge in [-0.05, 0) is 51.1 Å². The van der Waals surface area contributed by atoms with E-state index in [2.05, 4.69) is 16.6 Å². The summed E-state index contributed by atoms with van der Waals surface area (Å²) in [5, 5.41) is 3.86. The Balaban J connectivity index is 1.82. The zero-order valence-corrected chi connectivity index (χ0v) is 24.0. The zero-order valence-electron chi connectivity index (χ0n) is 23.2. The molecular weight excluding hydrogens is 524 g/mol. The largest absolute Gasteiger partial charge is 0.457 e. The van der Waals surface area contributed by atoms with Crippen molar-refractivity contribution in [2.24, 2.45) is 11.0 Å². The smallest absolute Gasteiger partial charge is 0.410 e. The van der Waals surface area contributed by atoms with Gasteiger partial charge in [-0.15, -0.1) is 6.58 Å². The van der Waals surface area contributed by atoms with E-state index in [1.807, 2.05) is 30.3 Å². The third-order valence-corrected chi connectivity index (χ3v) is 9.03. The van der Waals surface area contributed by atoms with Crippen LogP contribution in [0.2, 0.25) is 0 Å². The summed E-state index contributed by atoms with van der Waals surface area (Å²) in [5.41, 5.74) is 7.74. The Kier molecular flexibility index (Phi) is 9.32. The molecule has 0 N–H and O–H groups in total. The normalized spacial score (nSPS) is 23.0. The monoisotopic (exact) mass is 562 g/mol. The topological polar surface area (TPSA) is 145 Å². The van der Waals surface area contributed by atoms with Crippen LogP contribution in [0.5, 0.6) is 0 Å². The van der Waals surface area contributed by atoms with E-state index in [0.717, 1.165) is 5.56 Å². The molecule has 1 aromatic carbocycles. The third-order valence-electron chi connectivity index (χ3n) is 6.95. The molecule has 2 fully saturated rings. The fraction of sp³-hybridized carbons (Fsp3) is 0.615. The number of allylic oxidation sites excluding steroid dienone is 1. The molecule has 214 valence electrons. The van der Waals surface area contributed by atoms with Crippen molar-refractivity contribution in [3.63, 3.8) is 0 Å². The van der Waals surface area contributed by atoms with Gasteiger partial charge in [-0.3, -0.25) is 4.79 Å². The molecule has 1 amide bonds. The second-order valence-corrected chi connectivity index (χ2v) is 12.7. The lowest BCUT2D eigenvalue weighted by Crippen LogP contribution is -2.64. The molecule has 2 aliphatic heterocycles. The van der Waals surface area contributed by atoms with Crippen molar-refractivity contribution in [1.82, 2.24) is 13.5 Å². The second kappa shape index (κ2) is 12.0. The number of likely N-dealkylation sites (N-methyl/N-ethyl adjacent to an activating group) is 1. The van der Waals surface area contributed by atoms with Crippen molar-refractivity contribution >= 4 is 22.3 Å². The van der Waals surface area contributed by atoms with Crippen molar-refractivity contribution in [3.8, 4) is 0 Å². The molecule has 12 nitrogen and oxygen atoms in total. The lowest BCUT2D eigenvalue weighted by Gasteiger charge is -2.45. The summed E-state index contributed by atoms with van der Waals surface area (Å²) < 4.78 is 41.2. The number of ether oxygens (including phenoxy) is 2. The molecule has 0 aliphatic carbocycles. The van der Waals surface area contributed by atoms with Crippen LogP contribution in [-0.2, 0) is 24.5 Å². The van der Waals surface area contributed by atoms with Gasteiger partial charge in [0.25, 0.3) is 10.2 Å². The van der Waals surface area contributed by atoms with Gasteiger partial charge in [0.05, 0.1) is 6.04 Å². The number of carbonyl (C=O) groups excluding carboxylic acids is 2. The number of hydrogen-bond donors (Lipinski definition) is 0. The molecule has 2 heterocycles. The Labute approximate surface area is 230 Å². The maximum Gasteiger partial charge on any atom is 0.410 e. The Morgan fingerprint density at radius 3 is 2.46 bits per heavy atom. The molecule has 2 saturated heterocycles. The summed E-state index contributed by atoms with van der Waals surface area (Å²) in [6.45, 7) is 12.6. The van der Waals surface area contributed by atoms with Gasteiger partial charge in [-0.25, -0.2) is 4.79 Å². The number of benzene rings is 1. The molecule has 0 saturated carbocycles. The molecule has 2 aliphatic rings. The lowest BCUT2D eigenvalue weighted by atomic mass is 9.85. The van der Waals surface area contributed by atoms with E-state index in [-0.39, 0.29) is 39.1 Å². The number of rotatable bonds is 10. The Morgan fingerprint density at radius 1 is 1.28 bits per heavy atom. The highest BCUT2D eigenvalue weighted by atomic mass is 32.2. The molecule has 39 heavy (non-hydrogen) atoms. The van der Waals surface area contributed by atoms with Crippen molar-refractivity contribution in [2.45, 2.75) is 64.3 Å². The van der Waals surface area contributed by atoms with Crippen molar-refractivity contribution in [3.05, 3.63) is 59.0 Å². The summed E-state index contributed by atoms with van der Waals surface area (Å²) in [6.07, 6.45) is 0.665. The van der Waals surface area contributed by atoms with Crippen LogP contribution < -0.4 is 0 Å². The minimum atomic E-state index is -4.09. The van der Waals surface area contributed by atoms with Crippen LogP contribution in [0.3, 0.4) is 0 Å². The first-order valence-corrected chi connectivity index (χ1v) is 14.4. The highest BCUT2D eigenvalue weighted by molar-refractivity contribution is 7.86. The number of hydrogen-bond acceptors (Lipinski definition) is 7. The van der Waals surface area contributed by atoms with E-state index in [1.54, 1.807) is 40.7 Å². The standard InChI is InChI=1S/C26H38N6O6S/c1-7-12-21-15-31(18-26(21,28-29-27)23(33)37-19(3)20-13-10-9-11-14-20)39(35,36)32(8-2)22-16-30(17-22)24(34)38-25(4,5)6/h7,9-11,13-14,19,21-22H,1,8,12,15-18H2,2-6H3/t19-,21-,26-/m1/s1.